The summed E-state index contributed by atoms with van der Waals surface area (Å²) in [7, 11) is -16.8. The minimum Gasteiger partial charge on any atom is -0.387 e. The van der Waals surface area contributed by atoms with Crippen LogP contribution in [0, 0.1) is 0 Å². The molecule has 0 saturated carbocycles. The van der Waals surface area contributed by atoms with E-state index >= 15 is 0 Å². The summed E-state index contributed by atoms with van der Waals surface area (Å²) >= 11 is 1.07. The monoisotopic (exact) mass is 540 g/mol. The molecule has 0 spiro atoms. The lowest BCUT2D eigenvalue weighted by atomic mass is 10.1. The van der Waals surface area contributed by atoms with Crippen molar-refractivity contribution in [2.75, 3.05) is 6.61 Å². The number of aliphatic hydroxyl groups is 2. The van der Waals surface area contributed by atoms with Crippen LogP contribution in [0.1, 0.15) is 6.23 Å². The Morgan fingerprint density at radius 3 is 2.31 bits per heavy atom. The summed E-state index contributed by atoms with van der Waals surface area (Å²) in [5, 5.41) is 23.4. The fourth-order valence-corrected chi connectivity index (χ4v) is 6.62. The van der Waals surface area contributed by atoms with Crippen LogP contribution in [0.3, 0.4) is 0 Å². The van der Waals surface area contributed by atoms with Gasteiger partial charge in [0.25, 0.3) is 5.56 Å². The second kappa shape index (κ2) is 8.94. The summed E-state index contributed by atoms with van der Waals surface area (Å²) in [4.78, 5) is 61.7. The standard InChI is InChI=1S/C11H15N2O15P3S/c14-7-6(1-25-30(21,22)28-31(23,24)27-29(18,19)20)26-10(8(7)15)13-5-3-32-2-4(5)9(16)12-11(13)17/h2-3,6-8,10,14-15H,1H2,(H,21,22)(H,23,24)(H,12,16,17)(H2,18,19,20)/t6-,7-,8-,10-/m1/s1. The number of nitrogens with zero attached hydrogens (tertiary/aromatic N) is 1. The maximum Gasteiger partial charge on any atom is 0.490 e. The second-order valence-corrected chi connectivity index (χ2v) is 11.4. The van der Waals surface area contributed by atoms with E-state index < -0.39 is 65.9 Å². The summed E-state index contributed by atoms with van der Waals surface area (Å²) in [5.41, 5.74) is -1.60. The molecule has 180 valence electrons. The lowest BCUT2D eigenvalue weighted by molar-refractivity contribution is -0.0519. The average Bonchev–Trinajstić information content (AvgIpc) is 3.18. The lowest BCUT2D eigenvalue weighted by Gasteiger charge is -2.19. The first-order valence-corrected chi connectivity index (χ1v) is 13.6. The van der Waals surface area contributed by atoms with Gasteiger partial charge in [-0.15, -0.1) is 11.3 Å². The molecular weight excluding hydrogens is 525 g/mol. The molecule has 32 heavy (non-hydrogen) atoms. The van der Waals surface area contributed by atoms with Gasteiger partial charge in [0.15, 0.2) is 6.23 Å². The highest BCUT2D eigenvalue weighted by Gasteiger charge is 2.47. The molecule has 7 N–H and O–H groups in total. The highest BCUT2D eigenvalue weighted by atomic mass is 32.1. The molecule has 6 atom stereocenters. The SMILES string of the molecule is O=c1[nH]c(=O)n([C@@H]2O[C@H](COP(=O)(O)OP(=O)(O)OP(=O)(O)O)[C@@H](O)[C@H]2O)c2cscc12. The summed E-state index contributed by atoms with van der Waals surface area (Å²) in [5.74, 6) is 0. The molecule has 1 aliphatic heterocycles. The molecule has 0 aromatic carbocycles. The van der Waals surface area contributed by atoms with Gasteiger partial charge in [0.1, 0.15) is 18.3 Å². The number of aromatic amines is 1. The number of ether oxygens (including phenoxy) is 1. The Morgan fingerprint density at radius 2 is 1.69 bits per heavy atom. The first-order valence-electron chi connectivity index (χ1n) is 8.11. The zero-order chi connectivity index (χ0) is 24.1. The van der Waals surface area contributed by atoms with Crippen LogP contribution in [0.4, 0.5) is 0 Å². The van der Waals surface area contributed by atoms with Crippen molar-refractivity contribution in [1.82, 2.24) is 9.55 Å². The van der Waals surface area contributed by atoms with Crippen molar-refractivity contribution in [3.05, 3.63) is 31.6 Å². The quantitative estimate of drug-likeness (QED) is 0.192. The van der Waals surface area contributed by atoms with E-state index in [1.54, 1.807) is 0 Å². The minimum atomic E-state index is -5.75. The van der Waals surface area contributed by atoms with Gasteiger partial charge < -0.3 is 34.5 Å². The molecule has 2 aromatic heterocycles. The summed E-state index contributed by atoms with van der Waals surface area (Å²) in [6, 6.07) is 0. The Hall–Kier alpha value is -1.07. The van der Waals surface area contributed by atoms with E-state index in [4.69, 9.17) is 19.4 Å². The predicted molar refractivity (Wildman–Crippen MR) is 102 cm³/mol. The molecule has 1 fully saturated rings. The lowest BCUT2D eigenvalue weighted by Crippen LogP contribution is -2.38. The molecule has 1 saturated heterocycles. The largest absolute Gasteiger partial charge is 0.490 e. The topological polar surface area (TPSA) is 264 Å². The molecule has 0 radical (unpaired) electrons. The van der Waals surface area contributed by atoms with E-state index in [9.17, 15) is 38.4 Å². The number of aromatic nitrogens is 2. The Labute approximate surface area is 179 Å². The van der Waals surface area contributed by atoms with Gasteiger partial charge in [-0.25, -0.2) is 18.5 Å². The zero-order valence-corrected chi connectivity index (χ0v) is 18.7. The Bertz CT molecular complexity index is 1260. The number of aliphatic hydroxyl groups excluding tert-OH is 2. The summed E-state index contributed by atoms with van der Waals surface area (Å²) in [6.07, 6.45) is -6.75. The van der Waals surface area contributed by atoms with Crippen LogP contribution < -0.4 is 11.2 Å². The molecule has 2 aromatic rings. The summed E-state index contributed by atoms with van der Waals surface area (Å²) < 4.78 is 51.4. The summed E-state index contributed by atoms with van der Waals surface area (Å²) in [6.45, 7) is -1.05. The normalized spacial score (nSPS) is 27.9. The number of phosphoric ester groups is 1. The van der Waals surface area contributed by atoms with Crippen molar-refractivity contribution in [3.8, 4) is 0 Å². The van der Waals surface area contributed by atoms with Gasteiger partial charge in [0, 0.05) is 10.8 Å². The van der Waals surface area contributed by atoms with Crippen LogP contribution in [-0.2, 0) is 31.6 Å². The number of fused-ring (bicyclic) bond motifs is 1. The third-order valence-electron chi connectivity index (χ3n) is 3.99. The Morgan fingerprint density at radius 1 is 1.03 bits per heavy atom. The number of rotatable bonds is 8. The van der Waals surface area contributed by atoms with Crippen LogP contribution in [0.2, 0.25) is 0 Å². The molecule has 0 bridgehead atoms. The predicted octanol–water partition coefficient (Wildman–Crippen LogP) is -1.29. The van der Waals surface area contributed by atoms with E-state index in [1.807, 2.05) is 4.98 Å². The number of nitrogens with one attached hydrogen (secondary N) is 1. The van der Waals surface area contributed by atoms with Gasteiger partial charge in [0.2, 0.25) is 0 Å². The highest BCUT2D eigenvalue weighted by molar-refractivity contribution is 7.66. The van der Waals surface area contributed by atoms with Crippen molar-refractivity contribution < 1.29 is 61.4 Å². The fraction of sp³-hybridized carbons (Fsp3) is 0.455. The molecule has 1 aliphatic rings. The molecule has 3 rings (SSSR count). The molecular formula is C11H15N2O15P3S. The molecule has 2 unspecified atom stereocenters. The van der Waals surface area contributed by atoms with Gasteiger partial charge in [-0.3, -0.25) is 18.9 Å². The van der Waals surface area contributed by atoms with Gasteiger partial charge in [0.05, 0.1) is 17.5 Å². The highest BCUT2D eigenvalue weighted by Crippen LogP contribution is 2.66. The number of hydrogen-bond acceptors (Lipinski definition) is 12. The van der Waals surface area contributed by atoms with Gasteiger partial charge >= 0.3 is 29.2 Å². The van der Waals surface area contributed by atoms with Gasteiger partial charge in [-0.2, -0.15) is 8.62 Å². The second-order valence-electron chi connectivity index (χ2n) is 6.23. The first-order chi connectivity index (χ1) is 14.6. The Balaban J connectivity index is 1.76. The van der Waals surface area contributed by atoms with Gasteiger partial charge in [-0.05, 0) is 0 Å². The first kappa shape index (κ1) is 25.6. The van der Waals surface area contributed by atoms with E-state index in [0.717, 1.165) is 15.9 Å². The van der Waals surface area contributed by atoms with E-state index in [1.165, 1.54) is 10.8 Å². The van der Waals surface area contributed by atoms with Crippen LogP contribution >= 0.6 is 34.8 Å². The molecule has 0 amide bonds. The third kappa shape index (κ3) is 5.70. The van der Waals surface area contributed by atoms with Crippen LogP contribution in [-0.4, -0.2) is 64.3 Å². The number of H-pyrrole nitrogens is 1. The zero-order valence-electron chi connectivity index (χ0n) is 15.2. The average molecular weight is 540 g/mol. The number of phosphoric acid groups is 3. The van der Waals surface area contributed by atoms with Crippen LogP contribution in [0.15, 0.2) is 20.3 Å². The van der Waals surface area contributed by atoms with Crippen LogP contribution in [0.25, 0.3) is 10.9 Å². The van der Waals surface area contributed by atoms with E-state index in [0.29, 0.717) is 0 Å². The van der Waals surface area contributed by atoms with E-state index in [-0.39, 0.29) is 10.9 Å². The van der Waals surface area contributed by atoms with Crippen molar-refractivity contribution in [1.29, 1.82) is 0 Å². The van der Waals surface area contributed by atoms with Crippen LogP contribution in [0.5, 0.6) is 0 Å². The fourth-order valence-electron chi connectivity index (χ4n) is 2.78. The smallest absolute Gasteiger partial charge is 0.387 e. The Kier molecular flexibility index (Phi) is 7.14. The van der Waals surface area contributed by atoms with Crippen molar-refractivity contribution in [2.45, 2.75) is 24.5 Å². The molecule has 0 aliphatic carbocycles. The molecule has 17 nitrogen and oxygen atoms in total. The minimum absolute atomic E-state index is 0.0773. The van der Waals surface area contributed by atoms with Crippen molar-refractivity contribution in [2.24, 2.45) is 0 Å². The van der Waals surface area contributed by atoms with Crippen molar-refractivity contribution >= 4 is 45.7 Å². The van der Waals surface area contributed by atoms with E-state index in [2.05, 4.69) is 13.1 Å². The number of hydrogen-bond donors (Lipinski definition) is 7. The maximum absolute atomic E-state index is 12.3. The molecule has 3 heterocycles. The maximum atomic E-state index is 12.3. The van der Waals surface area contributed by atoms with Gasteiger partial charge in [-0.1, -0.05) is 0 Å². The molecule has 21 heteroatoms. The number of thiophene rings is 1. The third-order valence-corrected chi connectivity index (χ3v) is 8.53. The van der Waals surface area contributed by atoms with Crippen molar-refractivity contribution in [3.63, 3.8) is 0 Å².